The zero-order valence-electron chi connectivity index (χ0n) is 6.17. The lowest BCUT2D eigenvalue weighted by atomic mass is 10.2. The van der Waals surface area contributed by atoms with Crippen LogP contribution in [0.1, 0.15) is 5.56 Å². The first-order chi connectivity index (χ1) is 5.24. The van der Waals surface area contributed by atoms with Gasteiger partial charge in [-0.05, 0) is 24.6 Å². The Balaban J connectivity index is 2.93. The largest absolute Gasteiger partial charge is 0.538 e. The van der Waals surface area contributed by atoms with Crippen LogP contribution < -0.4 is 4.65 Å². The molecule has 1 rings (SSSR count). The van der Waals surface area contributed by atoms with Gasteiger partial charge in [0.15, 0.2) is 0 Å². The van der Waals surface area contributed by atoms with Crippen molar-refractivity contribution in [1.29, 1.82) is 0 Å². The Kier molecular flexibility index (Phi) is 2.80. The maximum atomic E-state index is 8.45. The molecule has 11 heavy (non-hydrogen) atoms. The molecule has 58 valence electrons. The number of hydrogen-bond donors (Lipinski definition) is 1. The molecule has 1 aromatic carbocycles. The van der Waals surface area contributed by atoms with Gasteiger partial charge in [0, 0.05) is 0 Å². The average Bonchev–Trinajstić information content (AvgIpc) is 1.98. The zero-order valence-corrected chi connectivity index (χ0v) is 6.93. The Morgan fingerprint density at radius 3 is 2.91 bits per heavy atom. The van der Waals surface area contributed by atoms with Gasteiger partial charge >= 0.3 is 7.69 Å². The first-order valence-corrected chi connectivity index (χ1v) is 3.61. The summed E-state index contributed by atoms with van der Waals surface area (Å²) < 4.78 is 4.84. The van der Waals surface area contributed by atoms with Gasteiger partial charge in [-0.15, -0.1) is 0 Å². The molecule has 0 saturated carbocycles. The van der Waals surface area contributed by atoms with Gasteiger partial charge in [-0.1, -0.05) is 17.7 Å². The molecule has 0 atom stereocenters. The molecule has 0 spiro atoms. The van der Waals surface area contributed by atoms with Crippen molar-refractivity contribution in [2.45, 2.75) is 6.92 Å². The minimum absolute atomic E-state index is 0.344. The first-order valence-electron chi connectivity index (χ1n) is 3.24. The van der Waals surface area contributed by atoms with Gasteiger partial charge in [0.1, 0.15) is 5.75 Å². The summed E-state index contributed by atoms with van der Waals surface area (Å²) in [5.41, 5.74) is 1.05. The Morgan fingerprint density at radius 2 is 2.27 bits per heavy atom. The molecule has 0 aliphatic carbocycles. The monoisotopic (exact) mass is 170 g/mol. The third-order valence-corrected chi connectivity index (χ3v) is 1.62. The fourth-order valence-corrected chi connectivity index (χ4v) is 0.963. The standard InChI is InChI=1S/C7H8BClO2/c1-5-2-3-6(9)7(4-5)11-8-10/h2-4,8,10H,1H3. The van der Waals surface area contributed by atoms with Gasteiger partial charge in [0.2, 0.25) is 0 Å². The molecule has 0 aliphatic rings. The number of rotatable bonds is 2. The molecule has 0 amide bonds. The molecule has 4 heteroatoms. The predicted molar refractivity (Wildman–Crippen MR) is 46.2 cm³/mol. The second-order valence-electron chi connectivity index (χ2n) is 2.21. The number of benzene rings is 1. The van der Waals surface area contributed by atoms with E-state index in [4.69, 9.17) is 21.3 Å². The minimum atomic E-state index is -0.344. The quantitative estimate of drug-likeness (QED) is 0.678. The molecule has 0 aliphatic heterocycles. The van der Waals surface area contributed by atoms with E-state index in [1.165, 1.54) is 0 Å². The summed E-state index contributed by atoms with van der Waals surface area (Å²) in [6.07, 6.45) is 0. The van der Waals surface area contributed by atoms with Crippen LogP contribution in [-0.4, -0.2) is 12.7 Å². The molecule has 0 bridgehead atoms. The number of halogens is 1. The molecule has 0 aromatic heterocycles. The topological polar surface area (TPSA) is 29.5 Å². The van der Waals surface area contributed by atoms with E-state index in [0.29, 0.717) is 10.8 Å². The summed E-state index contributed by atoms with van der Waals surface area (Å²) in [7, 11) is -0.344. The predicted octanol–water partition coefficient (Wildman–Crippen LogP) is 1.29. The second-order valence-corrected chi connectivity index (χ2v) is 2.61. The lowest BCUT2D eigenvalue weighted by molar-refractivity contribution is 0.454. The Bertz CT molecular complexity index is 252. The van der Waals surface area contributed by atoms with Gasteiger partial charge in [0.05, 0.1) is 5.02 Å². The fourth-order valence-electron chi connectivity index (χ4n) is 0.791. The van der Waals surface area contributed by atoms with Crippen LogP contribution in [-0.2, 0) is 0 Å². The zero-order chi connectivity index (χ0) is 8.27. The van der Waals surface area contributed by atoms with Crippen molar-refractivity contribution in [2.75, 3.05) is 0 Å². The van der Waals surface area contributed by atoms with Crippen molar-refractivity contribution in [1.82, 2.24) is 0 Å². The van der Waals surface area contributed by atoms with Gasteiger partial charge in [-0.25, -0.2) is 0 Å². The molecule has 0 heterocycles. The third-order valence-electron chi connectivity index (χ3n) is 1.31. The van der Waals surface area contributed by atoms with E-state index in [0.717, 1.165) is 5.56 Å². The highest BCUT2D eigenvalue weighted by Gasteiger charge is 1.99. The summed E-state index contributed by atoms with van der Waals surface area (Å²) in [5, 5.41) is 8.97. The highest BCUT2D eigenvalue weighted by Crippen LogP contribution is 2.24. The first kappa shape index (κ1) is 8.43. The van der Waals surface area contributed by atoms with Gasteiger partial charge in [-0.2, -0.15) is 0 Å². The van der Waals surface area contributed by atoms with Crippen molar-refractivity contribution in [3.05, 3.63) is 28.8 Å². The smallest absolute Gasteiger partial charge is 0.504 e. The average molecular weight is 170 g/mol. The molecule has 0 radical (unpaired) electrons. The van der Waals surface area contributed by atoms with Crippen molar-refractivity contribution in [3.63, 3.8) is 0 Å². The molecule has 0 saturated heterocycles. The van der Waals surface area contributed by atoms with Gasteiger partial charge in [-0.3, -0.25) is 0 Å². The lowest BCUT2D eigenvalue weighted by Gasteiger charge is -2.04. The Hall–Kier alpha value is -0.665. The Morgan fingerprint density at radius 1 is 1.55 bits per heavy atom. The fraction of sp³-hybridized carbons (Fsp3) is 0.143. The van der Waals surface area contributed by atoms with Gasteiger partial charge < -0.3 is 9.68 Å². The van der Waals surface area contributed by atoms with Crippen LogP contribution in [0.3, 0.4) is 0 Å². The molecular formula is C7H8BClO2. The molecule has 1 aromatic rings. The van der Waals surface area contributed by atoms with Gasteiger partial charge in [0.25, 0.3) is 0 Å². The van der Waals surface area contributed by atoms with Crippen molar-refractivity contribution < 1.29 is 9.68 Å². The van der Waals surface area contributed by atoms with Crippen molar-refractivity contribution in [2.24, 2.45) is 0 Å². The van der Waals surface area contributed by atoms with E-state index in [-0.39, 0.29) is 7.69 Å². The van der Waals surface area contributed by atoms with E-state index >= 15 is 0 Å². The van der Waals surface area contributed by atoms with Crippen LogP contribution in [0.4, 0.5) is 0 Å². The van der Waals surface area contributed by atoms with Crippen LogP contribution in [0.15, 0.2) is 18.2 Å². The van der Waals surface area contributed by atoms with Crippen LogP contribution in [0, 0.1) is 6.92 Å². The number of aryl methyl sites for hydroxylation is 1. The normalized spacial score (nSPS) is 9.36. The van der Waals surface area contributed by atoms with Crippen LogP contribution in [0.2, 0.25) is 5.02 Å². The minimum Gasteiger partial charge on any atom is -0.538 e. The summed E-state index contributed by atoms with van der Waals surface area (Å²) in [4.78, 5) is 0. The maximum absolute atomic E-state index is 8.45. The van der Waals surface area contributed by atoms with Crippen molar-refractivity contribution >= 4 is 19.3 Å². The van der Waals surface area contributed by atoms with E-state index in [1.807, 2.05) is 13.0 Å². The summed E-state index contributed by atoms with van der Waals surface area (Å²) in [5.74, 6) is 0.522. The molecule has 0 unspecified atom stereocenters. The van der Waals surface area contributed by atoms with E-state index in [2.05, 4.69) is 0 Å². The number of hydrogen-bond acceptors (Lipinski definition) is 2. The van der Waals surface area contributed by atoms with Crippen LogP contribution >= 0.6 is 11.6 Å². The van der Waals surface area contributed by atoms with Crippen molar-refractivity contribution in [3.8, 4) is 5.75 Å². The summed E-state index contributed by atoms with van der Waals surface area (Å²) >= 11 is 5.74. The summed E-state index contributed by atoms with van der Waals surface area (Å²) in [6.45, 7) is 1.93. The van der Waals surface area contributed by atoms with Crippen LogP contribution in [0.25, 0.3) is 0 Å². The van der Waals surface area contributed by atoms with E-state index in [1.54, 1.807) is 12.1 Å². The molecular weight excluding hydrogens is 162 g/mol. The molecule has 1 N–H and O–H groups in total. The molecule has 2 nitrogen and oxygen atoms in total. The SMILES string of the molecule is Cc1ccc(Cl)c(OBO)c1. The highest BCUT2D eigenvalue weighted by molar-refractivity contribution is 6.32. The lowest BCUT2D eigenvalue weighted by Crippen LogP contribution is -2.00. The second kappa shape index (κ2) is 3.65. The molecule has 0 fully saturated rings. The third kappa shape index (κ3) is 2.14. The maximum Gasteiger partial charge on any atom is 0.504 e. The highest BCUT2D eigenvalue weighted by atomic mass is 35.5. The summed E-state index contributed by atoms with van der Waals surface area (Å²) in [6, 6.07) is 5.40. The van der Waals surface area contributed by atoms with E-state index in [9.17, 15) is 0 Å². The van der Waals surface area contributed by atoms with Crippen LogP contribution in [0.5, 0.6) is 5.75 Å². The van der Waals surface area contributed by atoms with E-state index < -0.39 is 0 Å². The Labute approximate surface area is 71.1 Å².